The van der Waals surface area contributed by atoms with Crippen molar-refractivity contribution in [1.29, 1.82) is 0 Å². The predicted molar refractivity (Wildman–Crippen MR) is 93.6 cm³/mol. The normalized spacial score (nSPS) is 11.1. The molecule has 4 nitrogen and oxygen atoms in total. The van der Waals surface area contributed by atoms with Gasteiger partial charge in [0, 0.05) is 18.2 Å². The highest BCUT2D eigenvalue weighted by atomic mass is 15.3. The molecule has 0 fully saturated rings. The van der Waals surface area contributed by atoms with Gasteiger partial charge in [0.1, 0.15) is 0 Å². The van der Waals surface area contributed by atoms with Crippen molar-refractivity contribution in [3.63, 3.8) is 0 Å². The van der Waals surface area contributed by atoms with Crippen LogP contribution in [0.1, 0.15) is 31.0 Å². The van der Waals surface area contributed by atoms with Gasteiger partial charge in [0.15, 0.2) is 5.82 Å². The Bertz CT molecular complexity index is 758. The van der Waals surface area contributed by atoms with Gasteiger partial charge in [-0.2, -0.15) is 5.10 Å². The van der Waals surface area contributed by atoms with Crippen LogP contribution in [0.15, 0.2) is 54.7 Å². The van der Waals surface area contributed by atoms with Crippen LogP contribution < -0.4 is 5.73 Å². The maximum atomic E-state index is 5.69. The molecule has 0 aliphatic rings. The molecule has 23 heavy (non-hydrogen) atoms. The van der Waals surface area contributed by atoms with Gasteiger partial charge in [-0.25, -0.2) is 9.67 Å². The standard InChI is InChI=1S/C19H22N4/c1-14(2)15-6-8-16(9-7-15)18-13-17(10-11-20)22-23(18)19-5-3-4-12-21-19/h3-9,12-14H,10-11,20H2,1-2H3. The van der Waals surface area contributed by atoms with Crippen LogP contribution in [0.4, 0.5) is 0 Å². The van der Waals surface area contributed by atoms with Crippen LogP contribution in [-0.4, -0.2) is 21.3 Å². The van der Waals surface area contributed by atoms with Gasteiger partial charge in [-0.15, -0.1) is 0 Å². The third-order valence-electron chi connectivity index (χ3n) is 3.90. The van der Waals surface area contributed by atoms with E-state index in [1.807, 2.05) is 22.9 Å². The molecule has 0 spiro atoms. The minimum absolute atomic E-state index is 0.526. The van der Waals surface area contributed by atoms with Gasteiger partial charge in [0.05, 0.1) is 11.4 Å². The second kappa shape index (κ2) is 6.75. The summed E-state index contributed by atoms with van der Waals surface area (Å²) in [4.78, 5) is 4.42. The zero-order chi connectivity index (χ0) is 16.2. The molecule has 0 aliphatic heterocycles. The highest BCUT2D eigenvalue weighted by molar-refractivity contribution is 5.62. The monoisotopic (exact) mass is 306 g/mol. The van der Waals surface area contributed by atoms with Crippen LogP contribution in [0.25, 0.3) is 17.1 Å². The molecule has 2 N–H and O–H groups in total. The molecule has 2 aromatic heterocycles. The second-order valence-electron chi connectivity index (χ2n) is 5.94. The minimum atomic E-state index is 0.526. The summed E-state index contributed by atoms with van der Waals surface area (Å²) in [6.07, 6.45) is 2.54. The molecule has 0 amide bonds. The average molecular weight is 306 g/mol. The first-order valence-electron chi connectivity index (χ1n) is 8.00. The number of pyridine rings is 1. The summed E-state index contributed by atoms with van der Waals surface area (Å²) in [5.41, 5.74) is 10.2. The molecule has 0 bridgehead atoms. The van der Waals surface area contributed by atoms with E-state index in [2.05, 4.69) is 54.3 Å². The number of nitrogens with zero attached hydrogens (tertiary/aromatic N) is 3. The van der Waals surface area contributed by atoms with E-state index in [-0.39, 0.29) is 0 Å². The predicted octanol–water partition coefficient (Wildman–Crippen LogP) is 3.56. The topological polar surface area (TPSA) is 56.7 Å². The number of hydrogen-bond acceptors (Lipinski definition) is 3. The van der Waals surface area contributed by atoms with Crippen LogP contribution in [0, 0.1) is 0 Å². The van der Waals surface area contributed by atoms with Crippen molar-refractivity contribution in [2.24, 2.45) is 5.73 Å². The summed E-state index contributed by atoms with van der Waals surface area (Å²) >= 11 is 0. The average Bonchev–Trinajstić information content (AvgIpc) is 3.00. The lowest BCUT2D eigenvalue weighted by molar-refractivity contribution is 0.806. The third kappa shape index (κ3) is 3.32. The van der Waals surface area contributed by atoms with Gasteiger partial charge in [-0.1, -0.05) is 44.2 Å². The van der Waals surface area contributed by atoms with Crippen LogP contribution in [0.3, 0.4) is 0 Å². The van der Waals surface area contributed by atoms with Crippen molar-refractivity contribution in [3.05, 3.63) is 66.0 Å². The zero-order valence-corrected chi connectivity index (χ0v) is 13.6. The molecule has 1 aromatic carbocycles. The first-order valence-corrected chi connectivity index (χ1v) is 8.00. The molecule has 118 valence electrons. The summed E-state index contributed by atoms with van der Waals surface area (Å²) in [5, 5.41) is 4.68. The van der Waals surface area contributed by atoms with Crippen molar-refractivity contribution in [2.75, 3.05) is 6.54 Å². The van der Waals surface area contributed by atoms with E-state index in [1.165, 1.54) is 5.56 Å². The molecule has 3 rings (SSSR count). The molecular weight excluding hydrogens is 284 g/mol. The molecule has 2 heterocycles. The zero-order valence-electron chi connectivity index (χ0n) is 13.6. The van der Waals surface area contributed by atoms with E-state index in [1.54, 1.807) is 6.20 Å². The summed E-state index contributed by atoms with van der Waals surface area (Å²) < 4.78 is 1.90. The van der Waals surface area contributed by atoms with Gasteiger partial charge in [-0.05, 0) is 36.2 Å². The first kappa shape index (κ1) is 15.4. The van der Waals surface area contributed by atoms with Gasteiger partial charge < -0.3 is 5.73 Å². The Labute approximate surface area is 137 Å². The van der Waals surface area contributed by atoms with E-state index in [0.717, 1.165) is 29.2 Å². The lowest BCUT2D eigenvalue weighted by Crippen LogP contribution is -2.05. The molecule has 0 atom stereocenters. The third-order valence-corrected chi connectivity index (χ3v) is 3.90. The van der Waals surface area contributed by atoms with Crippen LogP contribution in [0.5, 0.6) is 0 Å². The van der Waals surface area contributed by atoms with Crippen molar-refractivity contribution >= 4 is 0 Å². The Morgan fingerprint density at radius 3 is 2.48 bits per heavy atom. The van der Waals surface area contributed by atoms with E-state index in [4.69, 9.17) is 5.73 Å². The molecule has 0 radical (unpaired) electrons. The van der Waals surface area contributed by atoms with Crippen molar-refractivity contribution < 1.29 is 0 Å². The quantitative estimate of drug-likeness (QED) is 0.784. The Kier molecular flexibility index (Phi) is 4.53. The van der Waals surface area contributed by atoms with E-state index >= 15 is 0 Å². The number of nitrogens with two attached hydrogens (primary N) is 1. The lowest BCUT2D eigenvalue weighted by atomic mass is 10.0. The fourth-order valence-electron chi connectivity index (χ4n) is 2.60. The van der Waals surface area contributed by atoms with Gasteiger partial charge >= 0.3 is 0 Å². The van der Waals surface area contributed by atoms with E-state index in [9.17, 15) is 0 Å². The number of benzene rings is 1. The van der Waals surface area contributed by atoms with E-state index < -0.39 is 0 Å². The van der Waals surface area contributed by atoms with Crippen molar-refractivity contribution in [2.45, 2.75) is 26.2 Å². The molecule has 4 heteroatoms. The summed E-state index contributed by atoms with van der Waals surface area (Å²) in [5.74, 6) is 1.34. The van der Waals surface area contributed by atoms with E-state index in [0.29, 0.717) is 12.5 Å². The van der Waals surface area contributed by atoms with Crippen LogP contribution in [-0.2, 0) is 6.42 Å². The molecule has 0 aliphatic carbocycles. The van der Waals surface area contributed by atoms with Gasteiger partial charge in [0.25, 0.3) is 0 Å². The number of hydrogen-bond donors (Lipinski definition) is 1. The number of rotatable bonds is 5. The number of aromatic nitrogens is 3. The van der Waals surface area contributed by atoms with Crippen molar-refractivity contribution in [1.82, 2.24) is 14.8 Å². The van der Waals surface area contributed by atoms with Crippen molar-refractivity contribution in [3.8, 4) is 17.1 Å². The smallest absolute Gasteiger partial charge is 0.153 e. The maximum absolute atomic E-state index is 5.69. The summed E-state index contributed by atoms with van der Waals surface area (Å²) in [6.45, 7) is 4.99. The summed E-state index contributed by atoms with van der Waals surface area (Å²) in [6, 6.07) is 16.6. The molecule has 3 aromatic rings. The largest absolute Gasteiger partial charge is 0.330 e. The SMILES string of the molecule is CC(C)c1ccc(-c2cc(CCN)nn2-c2ccccn2)cc1. The lowest BCUT2D eigenvalue weighted by Gasteiger charge is -2.09. The Hall–Kier alpha value is -2.46. The second-order valence-corrected chi connectivity index (χ2v) is 5.94. The Morgan fingerprint density at radius 1 is 1.09 bits per heavy atom. The van der Waals surface area contributed by atoms with Crippen LogP contribution in [0.2, 0.25) is 0 Å². The van der Waals surface area contributed by atoms with Gasteiger partial charge in [0.2, 0.25) is 0 Å². The summed E-state index contributed by atoms with van der Waals surface area (Å²) in [7, 11) is 0. The minimum Gasteiger partial charge on any atom is -0.330 e. The Balaban J connectivity index is 2.06. The Morgan fingerprint density at radius 2 is 1.87 bits per heavy atom. The molecular formula is C19H22N4. The highest BCUT2D eigenvalue weighted by Gasteiger charge is 2.12. The molecule has 0 saturated carbocycles. The molecule has 0 unspecified atom stereocenters. The maximum Gasteiger partial charge on any atom is 0.153 e. The first-order chi connectivity index (χ1) is 11.2. The highest BCUT2D eigenvalue weighted by Crippen LogP contribution is 2.25. The fraction of sp³-hybridized carbons (Fsp3) is 0.263. The fourth-order valence-corrected chi connectivity index (χ4v) is 2.60. The molecule has 0 saturated heterocycles. The van der Waals surface area contributed by atoms with Gasteiger partial charge in [-0.3, -0.25) is 0 Å². The van der Waals surface area contributed by atoms with Crippen LogP contribution >= 0.6 is 0 Å².